The van der Waals surface area contributed by atoms with E-state index >= 15 is 0 Å². The smallest absolute Gasteiger partial charge is 0.110 e. The van der Waals surface area contributed by atoms with Crippen molar-refractivity contribution in [2.45, 2.75) is 45.6 Å². The van der Waals surface area contributed by atoms with E-state index in [1.165, 1.54) is 0 Å². The number of para-hydroxylation sites is 2. The highest BCUT2D eigenvalue weighted by Gasteiger charge is 2.43. The molecule has 0 bridgehead atoms. The second-order valence-electron chi connectivity index (χ2n) is 6.54. The zero-order chi connectivity index (χ0) is 13.6. The number of nitrogens with two attached hydrogens (primary N) is 1. The second kappa shape index (κ2) is 4.34. The molecule has 0 spiro atoms. The Hall–Kier alpha value is -1.35. The largest absolute Gasteiger partial charge is 0.342 e. The van der Waals surface area contributed by atoms with E-state index in [1.54, 1.807) is 0 Å². The predicted octanol–water partition coefficient (Wildman–Crippen LogP) is 3.43. The van der Waals surface area contributed by atoms with Gasteiger partial charge in [-0.3, -0.25) is 0 Å². The molecule has 1 saturated carbocycles. The van der Waals surface area contributed by atoms with Crippen LogP contribution >= 0.6 is 0 Å². The monoisotopic (exact) mass is 257 g/mol. The molecule has 3 unspecified atom stereocenters. The molecule has 3 atom stereocenters. The van der Waals surface area contributed by atoms with Gasteiger partial charge in [0.2, 0.25) is 0 Å². The number of nitrogens with zero attached hydrogens (tertiary/aromatic N) is 1. The molecule has 19 heavy (non-hydrogen) atoms. The van der Waals surface area contributed by atoms with E-state index in [-0.39, 0.29) is 5.41 Å². The van der Waals surface area contributed by atoms with Crippen LogP contribution in [0.2, 0.25) is 0 Å². The number of H-pyrrole nitrogens is 1. The SMILES string of the molecule is CC1C(N)CCC(c2nc3ccccc3[nH]2)C1(C)C. The van der Waals surface area contributed by atoms with E-state index in [2.05, 4.69) is 44.0 Å². The van der Waals surface area contributed by atoms with Gasteiger partial charge in [-0.2, -0.15) is 0 Å². The fourth-order valence-corrected chi connectivity index (χ4v) is 3.48. The molecule has 102 valence electrons. The minimum Gasteiger partial charge on any atom is -0.342 e. The fraction of sp³-hybridized carbons (Fsp3) is 0.562. The number of rotatable bonds is 1. The normalized spacial score (nSPS) is 30.6. The number of benzene rings is 1. The van der Waals surface area contributed by atoms with Crippen molar-refractivity contribution in [2.24, 2.45) is 17.1 Å². The van der Waals surface area contributed by atoms with Crippen molar-refractivity contribution in [3.8, 4) is 0 Å². The second-order valence-corrected chi connectivity index (χ2v) is 6.54. The first-order chi connectivity index (χ1) is 9.00. The van der Waals surface area contributed by atoms with E-state index in [0.717, 1.165) is 29.7 Å². The fourth-order valence-electron chi connectivity index (χ4n) is 3.48. The van der Waals surface area contributed by atoms with Crippen LogP contribution in [0, 0.1) is 11.3 Å². The zero-order valence-corrected chi connectivity index (χ0v) is 12.0. The molecule has 1 aliphatic carbocycles. The Kier molecular flexibility index (Phi) is 2.90. The Labute approximate surface area is 114 Å². The number of hydrogen-bond acceptors (Lipinski definition) is 2. The molecule has 1 fully saturated rings. The lowest BCUT2D eigenvalue weighted by molar-refractivity contribution is 0.0954. The molecule has 0 saturated heterocycles. The van der Waals surface area contributed by atoms with Gasteiger partial charge in [0.05, 0.1) is 11.0 Å². The van der Waals surface area contributed by atoms with E-state index in [4.69, 9.17) is 10.7 Å². The molecular formula is C16H23N3. The minimum atomic E-state index is 0.186. The average Bonchev–Trinajstić information content (AvgIpc) is 2.79. The number of aromatic amines is 1. The lowest BCUT2D eigenvalue weighted by Gasteiger charge is -2.46. The van der Waals surface area contributed by atoms with Crippen molar-refractivity contribution >= 4 is 11.0 Å². The van der Waals surface area contributed by atoms with Crippen LogP contribution in [0.15, 0.2) is 24.3 Å². The lowest BCUT2D eigenvalue weighted by Crippen LogP contribution is -2.46. The van der Waals surface area contributed by atoms with Crippen molar-refractivity contribution in [3.63, 3.8) is 0 Å². The van der Waals surface area contributed by atoms with Crippen molar-refractivity contribution in [1.82, 2.24) is 9.97 Å². The van der Waals surface area contributed by atoms with Gasteiger partial charge in [-0.1, -0.05) is 32.9 Å². The topological polar surface area (TPSA) is 54.7 Å². The molecule has 0 aliphatic heterocycles. The maximum atomic E-state index is 6.24. The van der Waals surface area contributed by atoms with E-state index in [9.17, 15) is 0 Å². The van der Waals surface area contributed by atoms with Gasteiger partial charge >= 0.3 is 0 Å². The third-order valence-corrected chi connectivity index (χ3v) is 5.24. The average molecular weight is 257 g/mol. The molecular weight excluding hydrogens is 234 g/mol. The summed E-state index contributed by atoms with van der Waals surface area (Å²) in [7, 11) is 0. The number of imidazole rings is 1. The van der Waals surface area contributed by atoms with Crippen molar-refractivity contribution in [3.05, 3.63) is 30.1 Å². The Bertz CT molecular complexity index is 551. The molecule has 3 rings (SSSR count). The van der Waals surface area contributed by atoms with Gasteiger partial charge in [0.15, 0.2) is 0 Å². The third-order valence-electron chi connectivity index (χ3n) is 5.24. The summed E-state index contributed by atoms with van der Waals surface area (Å²) >= 11 is 0. The van der Waals surface area contributed by atoms with Crippen LogP contribution in [0.5, 0.6) is 0 Å². The van der Waals surface area contributed by atoms with Crippen molar-refractivity contribution in [1.29, 1.82) is 0 Å². The molecule has 2 aromatic rings. The summed E-state index contributed by atoms with van der Waals surface area (Å²) < 4.78 is 0. The summed E-state index contributed by atoms with van der Waals surface area (Å²) in [5.74, 6) is 2.11. The number of hydrogen-bond donors (Lipinski definition) is 2. The molecule has 0 amide bonds. The van der Waals surface area contributed by atoms with Crippen molar-refractivity contribution in [2.75, 3.05) is 0 Å². The third kappa shape index (κ3) is 1.96. The van der Waals surface area contributed by atoms with Gasteiger partial charge in [0, 0.05) is 12.0 Å². The van der Waals surface area contributed by atoms with Crippen molar-refractivity contribution < 1.29 is 0 Å². The number of nitrogens with one attached hydrogen (secondary N) is 1. The molecule has 3 N–H and O–H groups in total. The van der Waals surface area contributed by atoms with Crippen LogP contribution < -0.4 is 5.73 Å². The Balaban J connectivity index is 2.01. The van der Waals surface area contributed by atoms with E-state index < -0.39 is 0 Å². The first-order valence-electron chi connectivity index (χ1n) is 7.20. The highest BCUT2D eigenvalue weighted by molar-refractivity contribution is 5.74. The highest BCUT2D eigenvalue weighted by Crippen LogP contribution is 2.49. The molecule has 3 heteroatoms. The molecule has 0 radical (unpaired) electrons. The summed E-state index contributed by atoms with van der Waals surface area (Å²) in [5, 5.41) is 0. The standard InChI is InChI=1S/C16H23N3/c1-10-12(17)9-8-11(16(10,2)3)15-18-13-6-4-5-7-14(13)19-15/h4-7,10-12H,8-9,17H2,1-3H3,(H,18,19). The maximum absolute atomic E-state index is 6.24. The summed E-state index contributed by atoms with van der Waals surface area (Å²) in [6, 6.07) is 8.57. The lowest BCUT2D eigenvalue weighted by atomic mass is 9.61. The van der Waals surface area contributed by atoms with E-state index in [1.807, 2.05) is 6.07 Å². The van der Waals surface area contributed by atoms with Gasteiger partial charge in [-0.05, 0) is 36.3 Å². The quantitative estimate of drug-likeness (QED) is 0.822. The van der Waals surface area contributed by atoms with Crippen LogP contribution in [0.4, 0.5) is 0 Å². The number of aromatic nitrogens is 2. The molecule has 3 nitrogen and oxygen atoms in total. The van der Waals surface area contributed by atoms with Gasteiger partial charge in [0.1, 0.15) is 5.82 Å². The maximum Gasteiger partial charge on any atom is 0.110 e. The molecule has 1 aromatic heterocycles. The first kappa shape index (κ1) is 12.7. The summed E-state index contributed by atoms with van der Waals surface area (Å²) in [6.45, 7) is 6.93. The summed E-state index contributed by atoms with van der Waals surface area (Å²) in [6.07, 6.45) is 2.21. The van der Waals surface area contributed by atoms with Gasteiger partial charge < -0.3 is 10.7 Å². The number of fused-ring (bicyclic) bond motifs is 1. The van der Waals surface area contributed by atoms with Crippen LogP contribution in [-0.4, -0.2) is 16.0 Å². The Morgan fingerprint density at radius 1 is 1.26 bits per heavy atom. The van der Waals surface area contributed by atoms with Crippen LogP contribution in [0.25, 0.3) is 11.0 Å². The van der Waals surface area contributed by atoms with Gasteiger partial charge in [-0.25, -0.2) is 4.98 Å². The van der Waals surface area contributed by atoms with Gasteiger partial charge in [0.25, 0.3) is 0 Å². The molecule has 1 heterocycles. The zero-order valence-electron chi connectivity index (χ0n) is 12.0. The van der Waals surface area contributed by atoms with Crippen LogP contribution in [0.3, 0.4) is 0 Å². The molecule has 1 aliphatic rings. The van der Waals surface area contributed by atoms with Crippen LogP contribution in [-0.2, 0) is 0 Å². The van der Waals surface area contributed by atoms with Gasteiger partial charge in [-0.15, -0.1) is 0 Å². The minimum absolute atomic E-state index is 0.186. The van der Waals surface area contributed by atoms with E-state index in [0.29, 0.717) is 17.9 Å². The summed E-state index contributed by atoms with van der Waals surface area (Å²) in [5.41, 5.74) is 8.63. The predicted molar refractivity (Wildman–Crippen MR) is 79.0 cm³/mol. The Morgan fingerprint density at radius 3 is 2.74 bits per heavy atom. The molecule has 1 aromatic carbocycles. The first-order valence-corrected chi connectivity index (χ1v) is 7.20. The van der Waals surface area contributed by atoms with Crippen LogP contribution in [0.1, 0.15) is 45.4 Å². The Morgan fingerprint density at radius 2 is 2.00 bits per heavy atom. The summed E-state index contributed by atoms with van der Waals surface area (Å²) in [4.78, 5) is 8.30. The highest BCUT2D eigenvalue weighted by atomic mass is 14.9.